The zero-order valence-electron chi connectivity index (χ0n) is 11.4. The maximum atomic E-state index is 11.6. The van der Waals surface area contributed by atoms with Gasteiger partial charge in [0.15, 0.2) is 0 Å². The minimum atomic E-state index is -0.522. The summed E-state index contributed by atoms with van der Waals surface area (Å²) in [6.07, 6.45) is 0.707. The highest BCUT2D eigenvalue weighted by Gasteiger charge is 2.19. The first-order valence-electron chi connectivity index (χ1n) is 5.72. The third-order valence-electron chi connectivity index (χ3n) is 1.96. The van der Waals surface area contributed by atoms with E-state index < -0.39 is 5.60 Å². The Kier molecular flexibility index (Phi) is 6.80. The molecular formula is C12H23NO4. The Hall–Kier alpha value is -1.10. The second kappa shape index (κ2) is 7.27. The van der Waals surface area contributed by atoms with E-state index in [1.54, 1.807) is 27.9 Å². The van der Waals surface area contributed by atoms with Crippen molar-refractivity contribution in [3.8, 4) is 0 Å². The Labute approximate surface area is 103 Å². The Morgan fingerprint density at radius 2 is 1.82 bits per heavy atom. The predicted octanol–water partition coefficient (Wildman–Crippen LogP) is 1.21. The fourth-order valence-corrected chi connectivity index (χ4v) is 1.28. The summed E-state index contributed by atoms with van der Waals surface area (Å²) in [5.41, 5.74) is -0.522. The van der Waals surface area contributed by atoms with Gasteiger partial charge >= 0.3 is 5.97 Å². The van der Waals surface area contributed by atoms with Gasteiger partial charge in [-0.05, 0) is 27.2 Å². The van der Waals surface area contributed by atoms with Crippen LogP contribution >= 0.6 is 0 Å². The molecule has 0 saturated heterocycles. The van der Waals surface area contributed by atoms with Crippen molar-refractivity contribution in [3.63, 3.8) is 0 Å². The van der Waals surface area contributed by atoms with Gasteiger partial charge < -0.3 is 14.4 Å². The number of amides is 1. The maximum absolute atomic E-state index is 11.6. The van der Waals surface area contributed by atoms with Gasteiger partial charge in [-0.1, -0.05) is 0 Å². The van der Waals surface area contributed by atoms with Gasteiger partial charge in [-0.2, -0.15) is 0 Å². The van der Waals surface area contributed by atoms with Crippen LogP contribution in [0.3, 0.4) is 0 Å². The second-order valence-electron chi connectivity index (χ2n) is 4.87. The molecule has 5 nitrogen and oxygen atoms in total. The molecule has 0 aromatic rings. The van der Waals surface area contributed by atoms with E-state index >= 15 is 0 Å². The largest absolute Gasteiger partial charge is 0.459 e. The summed E-state index contributed by atoms with van der Waals surface area (Å²) in [6.45, 7) is 7.91. The van der Waals surface area contributed by atoms with Gasteiger partial charge in [0.1, 0.15) is 12.1 Å². The summed E-state index contributed by atoms with van der Waals surface area (Å²) in [6, 6.07) is 0. The van der Waals surface area contributed by atoms with Crippen LogP contribution in [0.5, 0.6) is 0 Å². The number of hydrogen-bond donors (Lipinski definition) is 0. The second-order valence-corrected chi connectivity index (χ2v) is 4.87. The molecule has 0 rings (SSSR count). The lowest BCUT2D eigenvalue weighted by molar-refractivity contribution is -0.158. The molecule has 0 N–H and O–H groups in total. The Balaban J connectivity index is 4.16. The van der Waals surface area contributed by atoms with Crippen LogP contribution in [0.1, 0.15) is 34.1 Å². The fraction of sp³-hybridized carbons (Fsp3) is 0.833. The fourth-order valence-electron chi connectivity index (χ4n) is 1.28. The van der Waals surface area contributed by atoms with Crippen molar-refractivity contribution < 1.29 is 19.1 Å². The molecule has 0 aromatic carbocycles. The molecular weight excluding hydrogens is 222 g/mol. The highest BCUT2D eigenvalue weighted by molar-refractivity contribution is 5.80. The molecule has 0 saturated carbocycles. The molecule has 0 aromatic heterocycles. The first-order chi connectivity index (χ1) is 7.76. The number of methoxy groups -OCH3 is 1. The molecule has 17 heavy (non-hydrogen) atoms. The third-order valence-corrected chi connectivity index (χ3v) is 1.96. The van der Waals surface area contributed by atoms with Crippen molar-refractivity contribution in [2.45, 2.75) is 39.7 Å². The lowest BCUT2D eigenvalue weighted by atomic mass is 10.2. The van der Waals surface area contributed by atoms with E-state index in [2.05, 4.69) is 0 Å². The van der Waals surface area contributed by atoms with Gasteiger partial charge in [-0.3, -0.25) is 9.59 Å². The van der Waals surface area contributed by atoms with Crippen LogP contribution in [0, 0.1) is 0 Å². The number of ether oxygens (including phenoxy) is 2. The molecule has 0 fully saturated rings. The van der Waals surface area contributed by atoms with Crippen LogP contribution in [-0.4, -0.2) is 49.2 Å². The van der Waals surface area contributed by atoms with Crippen LogP contribution in [0.4, 0.5) is 0 Å². The molecule has 0 aliphatic rings. The van der Waals surface area contributed by atoms with Crippen LogP contribution in [-0.2, 0) is 19.1 Å². The molecule has 0 radical (unpaired) electrons. The first-order valence-corrected chi connectivity index (χ1v) is 5.72. The van der Waals surface area contributed by atoms with E-state index in [4.69, 9.17) is 9.47 Å². The van der Waals surface area contributed by atoms with Crippen molar-refractivity contribution in [3.05, 3.63) is 0 Å². The molecule has 1 amide bonds. The quantitative estimate of drug-likeness (QED) is 0.521. The van der Waals surface area contributed by atoms with Gasteiger partial charge in [-0.15, -0.1) is 0 Å². The monoisotopic (exact) mass is 245 g/mol. The molecule has 0 bridgehead atoms. The summed E-state index contributed by atoms with van der Waals surface area (Å²) < 4.78 is 10.1. The number of hydrogen-bond acceptors (Lipinski definition) is 4. The van der Waals surface area contributed by atoms with E-state index in [-0.39, 0.29) is 18.4 Å². The Bertz CT molecular complexity index is 258. The minimum Gasteiger partial charge on any atom is -0.459 e. The van der Waals surface area contributed by atoms with Crippen LogP contribution in [0.25, 0.3) is 0 Å². The maximum Gasteiger partial charge on any atom is 0.326 e. The van der Waals surface area contributed by atoms with E-state index in [1.807, 2.05) is 0 Å². The van der Waals surface area contributed by atoms with Crippen molar-refractivity contribution in [1.82, 2.24) is 4.90 Å². The summed E-state index contributed by atoms with van der Waals surface area (Å²) in [5.74, 6) is -0.517. The number of nitrogens with zero attached hydrogens (tertiary/aromatic N) is 1. The summed E-state index contributed by atoms with van der Waals surface area (Å²) in [4.78, 5) is 24.3. The Morgan fingerprint density at radius 3 is 2.24 bits per heavy atom. The average molecular weight is 245 g/mol. The van der Waals surface area contributed by atoms with Crippen molar-refractivity contribution in [2.24, 2.45) is 0 Å². The zero-order valence-corrected chi connectivity index (χ0v) is 11.4. The molecule has 0 aliphatic heterocycles. The third kappa shape index (κ3) is 8.68. The lowest BCUT2D eigenvalue weighted by Crippen LogP contribution is -2.38. The average Bonchev–Trinajstić information content (AvgIpc) is 2.13. The highest BCUT2D eigenvalue weighted by atomic mass is 16.6. The lowest BCUT2D eigenvalue weighted by Gasteiger charge is -2.24. The summed E-state index contributed by atoms with van der Waals surface area (Å²) >= 11 is 0. The van der Waals surface area contributed by atoms with Gasteiger partial charge in [0.25, 0.3) is 0 Å². The molecule has 5 heteroatoms. The Morgan fingerprint density at radius 1 is 1.24 bits per heavy atom. The van der Waals surface area contributed by atoms with E-state index in [0.29, 0.717) is 19.6 Å². The molecule has 0 aliphatic carbocycles. The van der Waals surface area contributed by atoms with Gasteiger partial charge in [-0.25, -0.2) is 0 Å². The van der Waals surface area contributed by atoms with Gasteiger partial charge in [0.05, 0.1) is 0 Å². The number of carbonyl (C=O) groups excluding carboxylic acids is 2. The van der Waals surface area contributed by atoms with Crippen LogP contribution < -0.4 is 0 Å². The minimum absolute atomic E-state index is 0.00365. The summed E-state index contributed by atoms with van der Waals surface area (Å²) in [5, 5.41) is 0. The first kappa shape index (κ1) is 15.9. The van der Waals surface area contributed by atoms with Crippen molar-refractivity contribution >= 4 is 11.9 Å². The molecule has 0 atom stereocenters. The number of esters is 1. The smallest absolute Gasteiger partial charge is 0.326 e. The molecule has 0 spiro atoms. The van der Waals surface area contributed by atoms with Crippen molar-refractivity contribution in [1.29, 1.82) is 0 Å². The number of rotatable bonds is 6. The van der Waals surface area contributed by atoms with Crippen LogP contribution in [0.15, 0.2) is 0 Å². The normalized spacial score (nSPS) is 11.1. The van der Waals surface area contributed by atoms with Crippen LogP contribution in [0.2, 0.25) is 0 Å². The number of carbonyl (C=O) groups is 2. The van der Waals surface area contributed by atoms with E-state index in [9.17, 15) is 9.59 Å². The van der Waals surface area contributed by atoms with Gasteiger partial charge in [0.2, 0.25) is 5.91 Å². The highest BCUT2D eigenvalue weighted by Crippen LogP contribution is 2.07. The zero-order chi connectivity index (χ0) is 13.5. The SMILES string of the molecule is COCCCN(CC(=O)OC(C)(C)C)C(C)=O. The molecule has 0 unspecified atom stereocenters. The van der Waals surface area contributed by atoms with E-state index in [0.717, 1.165) is 0 Å². The predicted molar refractivity (Wildman–Crippen MR) is 64.6 cm³/mol. The standard InChI is InChI=1S/C12H23NO4/c1-10(14)13(7-6-8-16-5)9-11(15)17-12(2,3)4/h6-9H2,1-5H3. The molecule has 0 heterocycles. The summed E-state index contributed by atoms with van der Waals surface area (Å²) in [7, 11) is 1.60. The van der Waals surface area contributed by atoms with Gasteiger partial charge in [0, 0.05) is 27.2 Å². The molecule has 100 valence electrons. The van der Waals surface area contributed by atoms with Crippen molar-refractivity contribution in [2.75, 3.05) is 26.8 Å². The van der Waals surface area contributed by atoms with E-state index in [1.165, 1.54) is 11.8 Å². The topological polar surface area (TPSA) is 55.8 Å².